The average molecular weight is 369 g/mol. The van der Waals surface area contributed by atoms with Crippen molar-refractivity contribution in [2.24, 2.45) is 0 Å². The fourth-order valence-electron chi connectivity index (χ4n) is 2.73. The van der Waals surface area contributed by atoms with Crippen LogP contribution in [0.3, 0.4) is 0 Å². The van der Waals surface area contributed by atoms with Crippen LogP contribution in [-0.4, -0.2) is 42.9 Å². The Morgan fingerprint density at radius 2 is 1.96 bits per heavy atom. The van der Waals surface area contributed by atoms with E-state index in [1.807, 2.05) is 32.0 Å². The van der Waals surface area contributed by atoms with Crippen LogP contribution in [0.2, 0.25) is 0 Å². The van der Waals surface area contributed by atoms with E-state index >= 15 is 0 Å². The summed E-state index contributed by atoms with van der Waals surface area (Å²) >= 11 is 0. The molecule has 1 atom stereocenters. The molecule has 2 aromatic heterocycles. The van der Waals surface area contributed by atoms with Gasteiger partial charge in [0.15, 0.2) is 23.0 Å². The number of aromatic nitrogens is 5. The number of hydrogen-bond donors (Lipinski definition) is 0. The summed E-state index contributed by atoms with van der Waals surface area (Å²) in [5.41, 5.74) is 2.46. The molecular formula is C18H19N5O4. The van der Waals surface area contributed by atoms with Crippen LogP contribution in [0.5, 0.6) is 0 Å². The lowest BCUT2D eigenvalue weighted by Crippen LogP contribution is -2.35. The lowest BCUT2D eigenvalue weighted by molar-refractivity contribution is -0.150. The molecule has 9 heteroatoms. The number of benzene rings is 1. The summed E-state index contributed by atoms with van der Waals surface area (Å²) < 4.78 is 7.27. The Hall–Kier alpha value is -3.36. The summed E-state index contributed by atoms with van der Waals surface area (Å²) in [4.78, 5) is 41.0. The maximum atomic E-state index is 12.8. The van der Waals surface area contributed by atoms with Crippen molar-refractivity contribution in [2.45, 2.75) is 33.7 Å². The number of esters is 1. The second-order valence-electron chi connectivity index (χ2n) is 6.16. The van der Waals surface area contributed by atoms with Crippen molar-refractivity contribution in [1.29, 1.82) is 0 Å². The highest BCUT2D eigenvalue weighted by molar-refractivity contribution is 6.00. The van der Waals surface area contributed by atoms with Gasteiger partial charge in [-0.15, -0.1) is 5.10 Å². The van der Waals surface area contributed by atoms with Crippen LogP contribution in [0.4, 0.5) is 0 Å². The van der Waals surface area contributed by atoms with E-state index in [9.17, 15) is 14.4 Å². The molecular weight excluding hydrogens is 350 g/mol. The third-order valence-electron chi connectivity index (χ3n) is 4.30. The summed E-state index contributed by atoms with van der Waals surface area (Å²) in [5, 5.41) is 7.92. The van der Waals surface area contributed by atoms with Gasteiger partial charge in [0.05, 0.1) is 12.3 Å². The predicted molar refractivity (Wildman–Crippen MR) is 96.7 cm³/mol. The van der Waals surface area contributed by atoms with Crippen LogP contribution < -0.4 is 5.56 Å². The van der Waals surface area contributed by atoms with Crippen molar-refractivity contribution in [3.8, 4) is 5.69 Å². The van der Waals surface area contributed by atoms with Gasteiger partial charge in [-0.3, -0.25) is 14.2 Å². The zero-order chi connectivity index (χ0) is 19.7. The van der Waals surface area contributed by atoms with Gasteiger partial charge >= 0.3 is 5.97 Å². The van der Waals surface area contributed by atoms with Crippen LogP contribution in [0.15, 0.2) is 29.3 Å². The molecule has 0 bridgehead atoms. The molecule has 2 heterocycles. The molecule has 0 amide bonds. The number of carbonyl (C=O) groups excluding carboxylic acids is 2. The lowest BCUT2D eigenvalue weighted by Gasteiger charge is -2.14. The molecule has 0 saturated heterocycles. The number of ether oxygens (including phenoxy) is 1. The predicted octanol–water partition coefficient (Wildman–Crippen LogP) is 1.29. The minimum absolute atomic E-state index is 0.0359. The molecule has 0 aliphatic rings. The SMILES string of the molecule is CCOC(=O)[C@H](C(C)=O)n1cnc2c(nnn2-c2ccc(C)c(C)c2)c1=O. The van der Waals surface area contributed by atoms with E-state index in [0.717, 1.165) is 22.0 Å². The summed E-state index contributed by atoms with van der Waals surface area (Å²) in [6.07, 6.45) is 1.15. The smallest absolute Gasteiger partial charge is 0.337 e. The molecule has 0 saturated carbocycles. The van der Waals surface area contributed by atoms with Gasteiger partial charge < -0.3 is 4.74 Å². The van der Waals surface area contributed by atoms with Gasteiger partial charge in [0.25, 0.3) is 5.56 Å². The molecule has 9 nitrogen and oxygen atoms in total. The number of hydrogen-bond acceptors (Lipinski definition) is 7. The molecule has 0 radical (unpaired) electrons. The topological polar surface area (TPSA) is 109 Å². The number of carbonyl (C=O) groups is 2. The van der Waals surface area contributed by atoms with Crippen molar-refractivity contribution >= 4 is 22.9 Å². The maximum absolute atomic E-state index is 12.8. The molecule has 0 aliphatic carbocycles. The molecule has 0 unspecified atom stereocenters. The van der Waals surface area contributed by atoms with E-state index < -0.39 is 23.4 Å². The maximum Gasteiger partial charge on any atom is 0.337 e. The van der Waals surface area contributed by atoms with Crippen molar-refractivity contribution in [2.75, 3.05) is 6.61 Å². The Morgan fingerprint density at radius 1 is 1.22 bits per heavy atom. The highest BCUT2D eigenvalue weighted by Crippen LogP contribution is 2.17. The molecule has 0 N–H and O–H groups in total. The summed E-state index contributed by atoms with van der Waals surface area (Å²) in [6.45, 7) is 6.89. The van der Waals surface area contributed by atoms with Crippen LogP contribution in [0, 0.1) is 13.8 Å². The zero-order valence-electron chi connectivity index (χ0n) is 15.5. The second-order valence-corrected chi connectivity index (χ2v) is 6.16. The number of ketones is 1. The van der Waals surface area contributed by atoms with Crippen LogP contribution in [-0.2, 0) is 14.3 Å². The van der Waals surface area contributed by atoms with E-state index in [1.165, 1.54) is 11.6 Å². The van der Waals surface area contributed by atoms with Crippen LogP contribution in [0.1, 0.15) is 31.0 Å². The Balaban J connectivity index is 2.14. The van der Waals surface area contributed by atoms with E-state index in [4.69, 9.17) is 4.74 Å². The standard InChI is InChI=1S/C18H19N5O4/c1-5-27-18(26)15(12(4)24)22-9-19-16-14(17(22)25)20-21-23(16)13-7-6-10(2)11(3)8-13/h6-9,15H,5H2,1-4H3/t15-/m0/s1. The number of Topliss-reactive ketones (excluding diaryl/α,β-unsaturated/α-hetero) is 1. The number of nitrogens with zero attached hydrogens (tertiary/aromatic N) is 5. The molecule has 27 heavy (non-hydrogen) atoms. The van der Waals surface area contributed by atoms with E-state index in [0.29, 0.717) is 5.69 Å². The Morgan fingerprint density at radius 3 is 2.59 bits per heavy atom. The first-order chi connectivity index (χ1) is 12.8. The zero-order valence-corrected chi connectivity index (χ0v) is 15.5. The van der Waals surface area contributed by atoms with Crippen molar-refractivity contribution in [3.63, 3.8) is 0 Å². The third-order valence-corrected chi connectivity index (χ3v) is 4.30. The van der Waals surface area contributed by atoms with Crippen LogP contribution >= 0.6 is 0 Å². The molecule has 3 rings (SSSR count). The van der Waals surface area contributed by atoms with Crippen LogP contribution in [0.25, 0.3) is 16.9 Å². The van der Waals surface area contributed by atoms with Gasteiger partial charge in [-0.25, -0.2) is 9.78 Å². The van der Waals surface area contributed by atoms with Crippen molar-refractivity contribution < 1.29 is 14.3 Å². The second kappa shape index (κ2) is 7.10. The lowest BCUT2D eigenvalue weighted by atomic mass is 10.1. The quantitative estimate of drug-likeness (QED) is 0.492. The van der Waals surface area contributed by atoms with Crippen molar-refractivity contribution in [3.05, 3.63) is 46.0 Å². The van der Waals surface area contributed by atoms with Gasteiger partial charge in [-0.05, 0) is 51.0 Å². The monoisotopic (exact) mass is 369 g/mol. The number of fused-ring (bicyclic) bond motifs is 1. The van der Waals surface area contributed by atoms with E-state index in [2.05, 4.69) is 15.3 Å². The summed E-state index contributed by atoms with van der Waals surface area (Å²) in [5.74, 6) is -1.34. The molecule has 140 valence electrons. The third kappa shape index (κ3) is 3.23. The largest absolute Gasteiger partial charge is 0.464 e. The van der Waals surface area contributed by atoms with Gasteiger partial charge in [-0.1, -0.05) is 11.3 Å². The normalized spacial score (nSPS) is 12.1. The highest BCUT2D eigenvalue weighted by atomic mass is 16.5. The first kappa shape index (κ1) is 18.4. The van der Waals surface area contributed by atoms with Gasteiger partial charge in [0, 0.05) is 0 Å². The first-order valence-corrected chi connectivity index (χ1v) is 8.42. The summed E-state index contributed by atoms with van der Waals surface area (Å²) in [7, 11) is 0. The van der Waals surface area contributed by atoms with Gasteiger partial charge in [0.1, 0.15) is 6.33 Å². The first-order valence-electron chi connectivity index (χ1n) is 8.42. The Kier molecular flexibility index (Phi) is 4.85. The average Bonchev–Trinajstić information content (AvgIpc) is 3.04. The number of aryl methyl sites for hydroxylation is 2. The number of rotatable bonds is 5. The minimum Gasteiger partial charge on any atom is -0.464 e. The van der Waals surface area contributed by atoms with Gasteiger partial charge in [-0.2, -0.15) is 4.68 Å². The fourth-order valence-corrected chi connectivity index (χ4v) is 2.73. The minimum atomic E-state index is -1.40. The fraction of sp³-hybridized carbons (Fsp3) is 0.333. The van der Waals surface area contributed by atoms with E-state index in [1.54, 1.807) is 6.92 Å². The summed E-state index contributed by atoms with van der Waals surface area (Å²) in [6, 6.07) is 4.29. The van der Waals surface area contributed by atoms with Gasteiger partial charge in [0.2, 0.25) is 0 Å². The molecule has 1 aromatic carbocycles. The molecule has 0 aliphatic heterocycles. The Labute approximate surface area is 154 Å². The molecule has 0 spiro atoms. The van der Waals surface area contributed by atoms with Crippen molar-refractivity contribution in [1.82, 2.24) is 24.5 Å². The molecule has 3 aromatic rings. The Bertz CT molecular complexity index is 1100. The highest BCUT2D eigenvalue weighted by Gasteiger charge is 2.29. The molecule has 0 fully saturated rings. The van der Waals surface area contributed by atoms with E-state index in [-0.39, 0.29) is 17.8 Å².